The summed E-state index contributed by atoms with van der Waals surface area (Å²) in [5.41, 5.74) is 0. The van der Waals surface area contributed by atoms with Crippen LogP contribution in [0.5, 0.6) is 0 Å². The highest BCUT2D eigenvalue weighted by Gasteiger charge is 1.98. The van der Waals surface area contributed by atoms with Gasteiger partial charge in [0.2, 0.25) is 0 Å². The second-order valence-corrected chi connectivity index (χ2v) is 3.82. The Morgan fingerprint density at radius 1 is 1.62 bits per heavy atom. The lowest BCUT2D eigenvalue weighted by Gasteiger charge is -2.05. The molecular formula is C5H12OS2. The van der Waals surface area contributed by atoms with Crippen LogP contribution in [0.25, 0.3) is 0 Å². The Morgan fingerprint density at radius 3 is 2.62 bits per heavy atom. The highest BCUT2D eigenvalue weighted by atomic mass is 32.2. The first-order valence-corrected chi connectivity index (χ1v) is 4.89. The van der Waals surface area contributed by atoms with Gasteiger partial charge in [0.05, 0.1) is 0 Å². The molecule has 0 aromatic carbocycles. The van der Waals surface area contributed by atoms with E-state index in [0.717, 1.165) is 23.7 Å². The smallest absolute Gasteiger partial charge is 0.106 e. The molecule has 1 atom stereocenters. The lowest BCUT2D eigenvalue weighted by atomic mass is 10.6. The number of thiol groups is 1. The van der Waals surface area contributed by atoms with E-state index in [2.05, 4.69) is 12.6 Å². The minimum Gasteiger partial charge on any atom is -0.616 e. The zero-order chi connectivity index (χ0) is 6.41. The van der Waals surface area contributed by atoms with Gasteiger partial charge >= 0.3 is 0 Å². The standard InChI is InChI=1S/C5H12OS2/c1-2-8(6)5-3-4-7/h7H,2-5H2,1H3. The fourth-order valence-corrected chi connectivity index (χ4v) is 1.50. The van der Waals surface area contributed by atoms with Gasteiger partial charge in [0, 0.05) is 6.42 Å². The van der Waals surface area contributed by atoms with Crippen LogP contribution in [-0.4, -0.2) is 21.8 Å². The molecule has 0 saturated carbocycles. The number of hydrogen-bond acceptors (Lipinski definition) is 2. The van der Waals surface area contributed by atoms with Crippen molar-refractivity contribution in [3.05, 3.63) is 0 Å². The molecule has 0 N–H and O–H groups in total. The second kappa shape index (κ2) is 5.79. The van der Waals surface area contributed by atoms with Crippen molar-refractivity contribution in [1.29, 1.82) is 0 Å². The van der Waals surface area contributed by atoms with E-state index in [1.54, 1.807) is 0 Å². The van der Waals surface area contributed by atoms with Crippen molar-refractivity contribution < 1.29 is 4.55 Å². The van der Waals surface area contributed by atoms with E-state index >= 15 is 0 Å². The Hall–Kier alpha value is 0.660. The average Bonchev–Trinajstić information content (AvgIpc) is 1.83. The molecule has 50 valence electrons. The van der Waals surface area contributed by atoms with Crippen molar-refractivity contribution in [1.82, 2.24) is 0 Å². The SMILES string of the molecule is CC[S+]([O-])CCCS. The fraction of sp³-hybridized carbons (Fsp3) is 1.00. The molecule has 0 aromatic rings. The summed E-state index contributed by atoms with van der Waals surface area (Å²) in [6, 6.07) is 0. The van der Waals surface area contributed by atoms with Gasteiger partial charge in [-0.3, -0.25) is 0 Å². The lowest BCUT2D eigenvalue weighted by Crippen LogP contribution is -2.08. The third-order valence-electron chi connectivity index (χ3n) is 0.852. The van der Waals surface area contributed by atoms with Crippen LogP contribution in [0, 0.1) is 0 Å². The van der Waals surface area contributed by atoms with Gasteiger partial charge < -0.3 is 4.55 Å². The molecule has 0 bridgehead atoms. The monoisotopic (exact) mass is 152 g/mol. The van der Waals surface area contributed by atoms with Crippen molar-refractivity contribution in [3.8, 4) is 0 Å². The van der Waals surface area contributed by atoms with Crippen molar-refractivity contribution in [2.45, 2.75) is 13.3 Å². The summed E-state index contributed by atoms with van der Waals surface area (Å²) in [6.45, 7) is 1.94. The Morgan fingerprint density at radius 2 is 2.25 bits per heavy atom. The molecule has 0 aliphatic heterocycles. The van der Waals surface area contributed by atoms with Gasteiger partial charge in [0.15, 0.2) is 0 Å². The second-order valence-electron chi connectivity index (χ2n) is 1.51. The zero-order valence-electron chi connectivity index (χ0n) is 5.09. The quantitative estimate of drug-likeness (QED) is 0.473. The molecule has 0 spiro atoms. The van der Waals surface area contributed by atoms with Crippen LogP contribution in [0.15, 0.2) is 0 Å². The van der Waals surface area contributed by atoms with Crippen LogP contribution in [0.2, 0.25) is 0 Å². The van der Waals surface area contributed by atoms with Crippen molar-refractivity contribution in [3.63, 3.8) is 0 Å². The maximum atomic E-state index is 10.6. The number of rotatable bonds is 4. The van der Waals surface area contributed by atoms with Gasteiger partial charge in [-0.25, -0.2) is 0 Å². The summed E-state index contributed by atoms with van der Waals surface area (Å²) in [4.78, 5) is 0. The van der Waals surface area contributed by atoms with Crippen LogP contribution in [0.3, 0.4) is 0 Å². The third kappa shape index (κ3) is 4.81. The molecular weight excluding hydrogens is 140 g/mol. The van der Waals surface area contributed by atoms with Gasteiger partial charge in [-0.05, 0) is 12.7 Å². The highest BCUT2D eigenvalue weighted by Crippen LogP contribution is 1.93. The molecule has 0 aliphatic carbocycles. The molecule has 1 unspecified atom stereocenters. The summed E-state index contributed by atoms with van der Waals surface area (Å²) in [6.07, 6.45) is 0.976. The third-order valence-corrected chi connectivity index (χ3v) is 2.56. The minimum atomic E-state index is -0.576. The topological polar surface area (TPSA) is 23.1 Å². The summed E-state index contributed by atoms with van der Waals surface area (Å²) >= 11 is 3.42. The van der Waals surface area contributed by atoms with Crippen molar-refractivity contribution in [2.24, 2.45) is 0 Å². The first-order valence-electron chi connectivity index (χ1n) is 2.77. The van der Waals surface area contributed by atoms with Gasteiger partial charge in [0.25, 0.3) is 0 Å². The molecule has 0 rings (SSSR count). The molecule has 0 radical (unpaired) electrons. The Balaban J connectivity index is 2.86. The summed E-state index contributed by atoms with van der Waals surface area (Å²) in [5.74, 6) is 2.46. The molecule has 0 amide bonds. The minimum absolute atomic E-state index is 0.576. The Bertz CT molecular complexity index is 49.7. The van der Waals surface area contributed by atoms with E-state index in [0.29, 0.717) is 0 Å². The molecule has 0 saturated heterocycles. The van der Waals surface area contributed by atoms with Gasteiger partial charge in [-0.1, -0.05) is 11.2 Å². The molecule has 3 heteroatoms. The summed E-state index contributed by atoms with van der Waals surface area (Å²) < 4.78 is 10.6. The van der Waals surface area contributed by atoms with Crippen LogP contribution < -0.4 is 0 Å². The van der Waals surface area contributed by atoms with Crippen molar-refractivity contribution in [2.75, 3.05) is 17.3 Å². The molecule has 8 heavy (non-hydrogen) atoms. The Kier molecular flexibility index (Phi) is 6.27. The fourth-order valence-electron chi connectivity index (χ4n) is 0.370. The van der Waals surface area contributed by atoms with Crippen LogP contribution in [-0.2, 0) is 11.2 Å². The van der Waals surface area contributed by atoms with E-state index in [9.17, 15) is 4.55 Å². The normalized spacial score (nSPS) is 13.9. The first-order chi connectivity index (χ1) is 3.81. The van der Waals surface area contributed by atoms with Gasteiger partial charge in [-0.15, -0.1) is 0 Å². The maximum absolute atomic E-state index is 10.6. The molecule has 0 heterocycles. The Labute approximate surface area is 59.4 Å². The predicted octanol–water partition coefficient (Wildman–Crippen LogP) is 1.07. The van der Waals surface area contributed by atoms with E-state index in [-0.39, 0.29) is 0 Å². The lowest BCUT2D eigenvalue weighted by molar-refractivity contribution is 0.595. The van der Waals surface area contributed by atoms with Crippen LogP contribution in [0.4, 0.5) is 0 Å². The maximum Gasteiger partial charge on any atom is 0.106 e. The highest BCUT2D eigenvalue weighted by molar-refractivity contribution is 7.91. The van der Waals surface area contributed by atoms with Crippen molar-refractivity contribution >= 4 is 23.8 Å². The van der Waals surface area contributed by atoms with Crippen LogP contribution >= 0.6 is 12.6 Å². The first kappa shape index (κ1) is 8.66. The van der Waals surface area contributed by atoms with Gasteiger partial charge in [0.1, 0.15) is 11.5 Å². The number of hydrogen-bond donors (Lipinski definition) is 1. The van der Waals surface area contributed by atoms with E-state index in [1.807, 2.05) is 6.92 Å². The molecule has 0 aliphatic rings. The summed E-state index contributed by atoms with van der Waals surface area (Å²) in [5, 5.41) is 0. The predicted molar refractivity (Wildman–Crippen MR) is 42.0 cm³/mol. The zero-order valence-corrected chi connectivity index (χ0v) is 6.80. The molecule has 0 fully saturated rings. The molecule has 1 nitrogen and oxygen atoms in total. The van der Waals surface area contributed by atoms with Gasteiger partial charge in [-0.2, -0.15) is 12.6 Å². The van der Waals surface area contributed by atoms with E-state index in [4.69, 9.17) is 0 Å². The largest absolute Gasteiger partial charge is 0.616 e. The van der Waals surface area contributed by atoms with E-state index < -0.39 is 11.2 Å². The average molecular weight is 152 g/mol. The van der Waals surface area contributed by atoms with E-state index in [1.165, 1.54) is 0 Å². The van der Waals surface area contributed by atoms with Crippen LogP contribution in [0.1, 0.15) is 13.3 Å². The molecule has 0 aromatic heterocycles. The summed E-state index contributed by atoms with van der Waals surface area (Å²) in [7, 11) is 0.